The van der Waals surface area contributed by atoms with Crippen molar-refractivity contribution in [2.45, 2.75) is 62.5 Å². The summed E-state index contributed by atoms with van der Waals surface area (Å²) in [6.07, 6.45) is -24.1. The van der Waals surface area contributed by atoms with Gasteiger partial charge < -0.3 is 42.5 Å². The maximum atomic E-state index is 14.8. The molecule has 0 spiro atoms. The summed E-state index contributed by atoms with van der Waals surface area (Å²) in [6, 6.07) is 8.96. The topological polar surface area (TPSA) is 157 Å². The van der Waals surface area contributed by atoms with Crippen molar-refractivity contribution in [3.8, 4) is 23.0 Å². The molecular weight excluding hydrogens is 828 g/mol. The Morgan fingerprint density at radius 2 is 0.783 bits per heavy atom. The third-order valence-electron chi connectivity index (χ3n) is 10.1. The van der Waals surface area contributed by atoms with Crippen LogP contribution in [0.25, 0.3) is 0 Å². The Hall–Kier alpha value is -6.34. The summed E-state index contributed by atoms with van der Waals surface area (Å²) in [7, 11) is 0. The summed E-state index contributed by atoms with van der Waals surface area (Å²) in [5.74, 6) is -2.97. The van der Waals surface area contributed by atoms with Crippen molar-refractivity contribution in [1.29, 1.82) is 0 Å². The van der Waals surface area contributed by atoms with Crippen LogP contribution in [0.2, 0.25) is 0 Å². The van der Waals surface area contributed by atoms with Crippen molar-refractivity contribution < 1.29 is 73.1 Å². The number of phenols is 4. The number of alkyl halides is 12. The van der Waals surface area contributed by atoms with E-state index < -0.39 is 111 Å². The Morgan fingerprint density at radius 3 is 1.13 bits per heavy atom. The zero-order valence-electron chi connectivity index (χ0n) is 31.0. The maximum Gasteiger partial charge on any atom is 0.411 e. The predicted octanol–water partition coefficient (Wildman–Crippen LogP) is 10.3. The number of nitrogens with one attached hydrogen (secondary N) is 2. The van der Waals surface area contributed by atoms with Gasteiger partial charge in [-0.2, -0.15) is 52.7 Å². The molecule has 0 radical (unpaired) electrons. The van der Waals surface area contributed by atoms with Crippen LogP contribution in [0.15, 0.2) is 84.9 Å². The van der Waals surface area contributed by atoms with Crippen molar-refractivity contribution in [3.05, 3.63) is 129 Å². The molecule has 0 saturated carbocycles. The third-order valence-corrected chi connectivity index (χ3v) is 10.1. The molecule has 0 aliphatic carbocycles. The van der Waals surface area contributed by atoms with Crippen LogP contribution in [0, 0.1) is 13.8 Å². The van der Waals surface area contributed by atoms with Gasteiger partial charge in [-0.15, -0.1) is 0 Å². The van der Waals surface area contributed by atoms with E-state index in [-0.39, 0.29) is 22.4 Å². The van der Waals surface area contributed by atoms with E-state index in [1.165, 1.54) is 26.0 Å². The van der Waals surface area contributed by atoms with Crippen LogP contribution in [0.1, 0.15) is 44.5 Å². The van der Waals surface area contributed by atoms with Crippen LogP contribution in [0.5, 0.6) is 23.0 Å². The molecular formula is C40H34F12N4O4. The fourth-order valence-corrected chi connectivity index (χ4v) is 7.03. The fourth-order valence-electron chi connectivity index (χ4n) is 7.03. The molecule has 0 aliphatic rings. The molecule has 322 valence electrons. The van der Waals surface area contributed by atoms with Gasteiger partial charge in [-0.05, 0) is 84.1 Å². The van der Waals surface area contributed by atoms with Gasteiger partial charge in [-0.1, -0.05) is 48.0 Å². The fraction of sp³-hybridized carbons (Fsp3) is 0.250. The first kappa shape index (κ1) is 44.8. The molecule has 5 rings (SSSR count). The summed E-state index contributed by atoms with van der Waals surface area (Å²) in [4.78, 5) is 0. The predicted molar refractivity (Wildman–Crippen MR) is 198 cm³/mol. The normalized spacial score (nSPS) is 13.0. The Morgan fingerprint density at radius 1 is 0.450 bits per heavy atom. The van der Waals surface area contributed by atoms with Crippen LogP contribution in [0.3, 0.4) is 0 Å². The number of benzene rings is 5. The van der Waals surface area contributed by atoms with Crippen molar-refractivity contribution in [1.82, 2.24) is 0 Å². The Balaban J connectivity index is 1.50. The number of rotatable bonds is 10. The van der Waals surface area contributed by atoms with Gasteiger partial charge in [0.25, 0.3) is 0 Å². The molecule has 60 heavy (non-hydrogen) atoms. The monoisotopic (exact) mass is 862 g/mol. The van der Waals surface area contributed by atoms with E-state index in [1.54, 1.807) is 0 Å². The third kappa shape index (κ3) is 7.65. The molecule has 0 fully saturated rings. The lowest BCUT2D eigenvalue weighted by molar-refractivity contribution is -0.290. The SMILES string of the molecule is Cc1cc(CNc2cc(C(c3ccc(C)c(N)c3)(C(F)(F)F)C(F)(F)F)ccc2O)c(O)c(CNc2cc(C(c3ccc(O)c(N)c3)(C(F)(F)F)C(F)(F)F)ccc2O)c1. The maximum absolute atomic E-state index is 14.8. The number of anilines is 4. The van der Waals surface area contributed by atoms with Crippen molar-refractivity contribution in [2.75, 3.05) is 22.1 Å². The van der Waals surface area contributed by atoms with Crippen molar-refractivity contribution in [2.24, 2.45) is 0 Å². The largest absolute Gasteiger partial charge is 0.507 e. The number of nitrogens with two attached hydrogens (primary N) is 2. The zero-order valence-corrected chi connectivity index (χ0v) is 31.0. The highest BCUT2D eigenvalue weighted by Gasteiger charge is 2.74. The number of hydrogen-bond acceptors (Lipinski definition) is 8. The number of phenolic OH excluding ortho intramolecular Hbond substituents is 4. The van der Waals surface area contributed by atoms with Crippen molar-refractivity contribution >= 4 is 22.7 Å². The second-order valence-electron chi connectivity index (χ2n) is 13.9. The number of nitrogen functional groups attached to an aromatic ring is 2. The van der Waals surface area contributed by atoms with E-state index in [0.717, 1.165) is 6.07 Å². The van der Waals surface area contributed by atoms with E-state index in [2.05, 4.69) is 10.6 Å². The van der Waals surface area contributed by atoms with Crippen LogP contribution in [-0.4, -0.2) is 45.1 Å². The van der Waals surface area contributed by atoms with Crippen LogP contribution in [0.4, 0.5) is 75.4 Å². The molecule has 0 aromatic heterocycles. The second kappa shape index (κ2) is 15.4. The average Bonchev–Trinajstić information content (AvgIpc) is 3.11. The lowest BCUT2D eigenvalue weighted by Gasteiger charge is -2.38. The van der Waals surface area contributed by atoms with Gasteiger partial charge in [0, 0.05) is 29.9 Å². The summed E-state index contributed by atoms with van der Waals surface area (Å²) >= 11 is 0. The molecule has 0 aliphatic heterocycles. The molecule has 0 unspecified atom stereocenters. The summed E-state index contributed by atoms with van der Waals surface area (Å²) in [6.45, 7) is 1.73. The minimum Gasteiger partial charge on any atom is -0.507 e. The number of halogens is 12. The average molecular weight is 863 g/mol. The van der Waals surface area contributed by atoms with Crippen LogP contribution in [-0.2, 0) is 23.9 Å². The summed E-state index contributed by atoms with van der Waals surface area (Å²) < 4.78 is 177. The molecule has 5 aromatic carbocycles. The summed E-state index contributed by atoms with van der Waals surface area (Å²) in [5, 5.41) is 46.9. The molecule has 0 atom stereocenters. The Kier molecular flexibility index (Phi) is 11.5. The quantitative estimate of drug-likeness (QED) is 0.0392. The van der Waals surface area contributed by atoms with Gasteiger partial charge in [0.2, 0.25) is 10.8 Å². The first-order valence-electron chi connectivity index (χ1n) is 17.3. The number of hydrogen-bond donors (Lipinski definition) is 8. The molecule has 8 nitrogen and oxygen atoms in total. The summed E-state index contributed by atoms with van der Waals surface area (Å²) in [5.41, 5.74) is -5.58. The molecule has 0 heterocycles. The second-order valence-corrected chi connectivity index (χ2v) is 13.9. The molecule has 0 saturated heterocycles. The highest BCUT2D eigenvalue weighted by atomic mass is 19.4. The lowest BCUT2D eigenvalue weighted by Crippen LogP contribution is -2.54. The van der Waals surface area contributed by atoms with Crippen LogP contribution >= 0.6 is 0 Å². The standard InChI is InChI=1S/C40H34F12N4O4/c1-19-11-21(17-55-29-15-25(6-9-32(29)58)35(37(41,42)43,38(44,45)46)23-4-3-20(2)27(53)13-23)34(60)22(12-19)18-56-30-16-26(7-10-33(30)59)36(39(47,48)49,40(50,51)52)24-5-8-31(57)28(54)14-24/h3-16,55-60H,17-18,53-54H2,1-2H3. The highest BCUT2D eigenvalue weighted by molar-refractivity contribution is 5.65. The zero-order chi connectivity index (χ0) is 45.0. The molecule has 0 amide bonds. The molecule has 20 heteroatoms. The Bertz CT molecular complexity index is 2220. The lowest BCUT2D eigenvalue weighted by atomic mass is 9.72. The van der Waals surface area contributed by atoms with Gasteiger partial charge in [-0.3, -0.25) is 0 Å². The van der Waals surface area contributed by atoms with Gasteiger partial charge in [0.1, 0.15) is 23.0 Å². The van der Waals surface area contributed by atoms with E-state index in [9.17, 15) is 73.1 Å². The molecule has 10 N–H and O–H groups in total. The molecule has 0 bridgehead atoms. The Labute approximate surface area is 332 Å². The van der Waals surface area contributed by atoms with E-state index in [1.807, 2.05) is 0 Å². The number of aryl methyl sites for hydroxylation is 2. The van der Waals surface area contributed by atoms with E-state index in [0.29, 0.717) is 72.3 Å². The number of aromatic hydroxyl groups is 4. The highest BCUT2D eigenvalue weighted by Crippen LogP contribution is 2.59. The molecule has 5 aromatic rings. The van der Waals surface area contributed by atoms with Gasteiger partial charge in [0.05, 0.1) is 17.1 Å². The first-order valence-corrected chi connectivity index (χ1v) is 17.3. The minimum absolute atomic E-state index is 0.0723. The van der Waals surface area contributed by atoms with E-state index in [4.69, 9.17) is 11.5 Å². The van der Waals surface area contributed by atoms with E-state index >= 15 is 0 Å². The van der Waals surface area contributed by atoms with Gasteiger partial charge in [-0.25, -0.2) is 0 Å². The van der Waals surface area contributed by atoms with Crippen LogP contribution < -0.4 is 22.1 Å². The van der Waals surface area contributed by atoms with Gasteiger partial charge in [0.15, 0.2) is 0 Å². The minimum atomic E-state index is -6.07. The first-order chi connectivity index (χ1) is 27.6. The smallest absolute Gasteiger partial charge is 0.411 e. The van der Waals surface area contributed by atoms with Gasteiger partial charge >= 0.3 is 24.7 Å². The van der Waals surface area contributed by atoms with Crippen molar-refractivity contribution in [3.63, 3.8) is 0 Å².